The number of carbonyl (C=O) groups is 1. The zero-order valence-electron chi connectivity index (χ0n) is 13.5. The van der Waals surface area contributed by atoms with Gasteiger partial charge in [0, 0.05) is 25.4 Å². The summed E-state index contributed by atoms with van der Waals surface area (Å²) in [5, 5.41) is 3.15. The predicted molar refractivity (Wildman–Crippen MR) is 87.3 cm³/mol. The van der Waals surface area contributed by atoms with Crippen molar-refractivity contribution < 1.29 is 14.3 Å². The Morgan fingerprint density at radius 3 is 2.64 bits per heavy atom. The molecule has 1 saturated heterocycles. The van der Waals surface area contributed by atoms with E-state index in [0.717, 1.165) is 44.0 Å². The Kier molecular flexibility index (Phi) is 6.52. The third-order valence-electron chi connectivity index (χ3n) is 3.87. The van der Waals surface area contributed by atoms with Crippen molar-refractivity contribution in [3.05, 3.63) is 24.3 Å². The van der Waals surface area contributed by atoms with Gasteiger partial charge in [-0.1, -0.05) is 0 Å². The Hall–Kier alpha value is -1.75. The Labute approximate surface area is 132 Å². The molecule has 0 aliphatic carbocycles. The number of hydrogen-bond donors (Lipinski definition) is 1. The second-order valence-electron chi connectivity index (χ2n) is 5.39. The number of likely N-dealkylation sites (N-methyl/N-ethyl adjacent to an activating group) is 1. The van der Waals surface area contributed by atoms with Gasteiger partial charge in [0.25, 0.3) is 0 Å². The highest BCUT2D eigenvalue weighted by Gasteiger charge is 2.15. The fourth-order valence-corrected chi connectivity index (χ4v) is 2.50. The van der Waals surface area contributed by atoms with Gasteiger partial charge < -0.3 is 19.7 Å². The monoisotopic (exact) mass is 306 g/mol. The average Bonchev–Trinajstić information content (AvgIpc) is 3.06. The third-order valence-corrected chi connectivity index (χ3v) is 3.87. The van der Waals surface area contributed by atoms with Crippen molar-refractivity contribution in [3.8, 4) is 5.75 Å². The highest BCUT2D eigenvalue weighted by molar-refractivity contribution is 5.80. The molecule has 1 amide bonds. The largest absolute Gasteiger partial charge is 0.491 e. The molecule has 1 aromatic carbocycles. The molecule has 1 fully saturated rings. The molecule has 1 aromatic rings. The molecule has 122 valence electrons. The molecular formula is C17H26N2O3. The summed E-state index contributed by atoms with van der Waals surface area (Å²) in [5.41, 5.74) is 0.921. The van der Waals surface area contributed by atoms with Crippen molar-refractivity contribution in [1.82, 2.24) is 4.90 Å². The minimum atomic E-state index is 0.115. The molecule has 1 unspecified atom stereocenters. The lowest BCUT2D eigenvalue weighted by Gasteiger charge is -2.19. The first kappa shape index (κ1) is 16.6. The third kappa shape index (κ3) is 4.91. The molecular weight excluding hydrogens is 280 g/mol. The van der Waals surface area contributed by atoms with Gasteiger partial charge >= 0.3 is 0 Å². The number of carbonyl (C=O) groups excluding carboxylic acids is 1. The quantitative estimate of drug-likeness (QED) is 0.802. The molecule has 1 atom stereocenters. The van der Waals surface area contributed by atoms with Crippen LogP contribution in [0.4, 0.5) is 5.69 Å². The number of nitrogens with one attached hydrogen (secondary N) is 1. The summed E-state index contributed by atoms with van der Waals surface area (Å²) < 4.78 is 11.2. The van der Waals surface area contributed by atoms with Crippen molar-refractivity contribution in [2.24, 2.45) is 0 Å². The molecule has 5 heteroatoms. The summed E-state index contributed by atoms with van der Waals surface area (Å²) in [6, 6.07) is 7.69. The van der Waals surface area contributed by atoms with Crippen LogP contribution in [-0.2, 0) is 9.53 Å². The minimum absolute atomic E-state index is 0.115. The van der Waals surface area contributed by atoms with Crippen LogP contribution in [0.15, 0.2) is 24.3 Å². The van der Waals surface area contributed by atoms with Crippen LogP contribution in [0.1, 0.15) is 26.7 Å². The van der Waals surface area contributed by atoms with Gasteiger partial charge in [-0.3, -0.25) is 4.79 Å². The van der Waals surface area contributed by atoms with E-state index >= 15 is 0 Å². The smallest absolute Gasteiger partial charge is 0.241 e. The molecule has 0 bridgehead atoms. The summed E-state index contributed by atoms with van der Waals surface area (Å²) in [4.78, 5) is 13.7. The SMILES string of the molecule is CCN(CC)C(=O)CNc1ccc(OCC2CCCO2)cc1. The first-order chi connectivity index (χ1) is 10.7. The summed E-state index contributed by atoms with van der Waals surface area (Å²) in [5.74, 6) is 0.944. The van der Waals surface area contributed by atoms with Crippen molar-refractivity contribution >= 4 is 11.6 Å². The fourth-order valence-electron chi connectivity index (χ4n) is 2.50. The van der Waals surface area contributed by atoms with E-state index < -0.39 is 0 Å². The van der Waals surface area contributed by atoms with Gasteiger partial charge in [-0.15, -0.1) is 0 Å². The van der Waals surface area contributed by atoms with Gasteiger partial charge in [-0.25, -0.2) is 0 Å². The molecule has 1 heterocycles. The summed E-state index contributed by atoms with van der Waals surface area (Å²) in [6.45, 7) is 7.23. The summed E-state index contributed by atoms with van der Waals surface area (Å²) in [7, 11) is 0. The fraction of sp³-hybridized carbons (Fsp3) is 0.588. The van der Waals surface area contributed by atoms with E-state index in [4.69, 9.17) is 9.47 Å². The molecule has 0 aromatic heterocycles. The van der Waals surface area contributed by atoms with Crippen LogP contribution in [0.25, 0.3) is 0 Å². The van der Waals surface area contributed by atoms with E-state index in [-0.39, 0.29) is 12.0 Å². The topological polar surface area (TPSA) is 50.8 Å². The maximum atomic E-state index is 11.9. The van der Waals surface area contributed by atoms with Crippen LogP contribution >= 0.6 is 0 Å². The van der Waals surface area contributed by atoms with Crippen molar-refractivity contribution in [2.75, 3.05) is 38.2 Å². The number of hydrogen-bond acceptors (Lipinski definition) is 4. The highest BCUT2D eigenvalue weighted by atomic mass is 16.5. The first-order valence-electron chi connectivity index (χ1n) is 8.09. The Morgan fingerprint density at radius 1 is 1.32 bits per heavy atom. The zero-order chi connectivity index (χ0) is 15.8. The molecule has 5 nitrogen and oxygen atoms in total. The number of ether oxygens (including phenoxy) is 2. The molecule has 1 aliphatic heterocycles. The van der Waals surface area contributed by atoms with Gasteiger partial charge in [0.05, 0.1) is 12.6 Å². The van der Waals surface area contributed by atoms with Crippen molar-refractivity contribution in [2.45, 2.75) is 32.8 Å². The molecule has 0 saturated carbocycles. The minimum Gasteiger partial charge on any atom is -0.491 e. The Bertz CT molecular complexity index is 451. The highest BCUT2D eigenvalue weighted by Crippen LogP contribution is 2.18. The number of rotatable bonds is 8. The summed E-state index contributed by atoms with van der Waals surface area (Å²) >= 11 is 0. The molecule has 2 rings (SSSR count). The number of benzene rings is 1. The number of amides is 1. The number of nitrogens with zero attached hydrogens (tertiary/aromatic N) is 1. The molecule has 1 aliphatic rings. The van der Waals surface area contributed by atoms with Crippen LogP contribution in [-0.4, -0.2) is 49.8 Å². The molecule has 1 N–H and O–H groups in total. The second-order valence-corrected chi connectivity index (χ2v) is 5.39. The molecule has 22 heavy (non-hydrogen) atoms. The van der Waals surface area contributed by atoms with Crippen molar-refractivity contribution in [1.29, 1.82) is 0 Å². The van der Waals surface area contributed by atoms with Crippen LogP contribution < -0.4 is 10.1 Å². The maximum Gasteiger partial charge on any atom is 0.241 e. The van der Waals surface area contributed by atoms with Gasteiger partial charge in [0.2, 0.25) is 5.91 Å². The first-order valence-corrected chi connectivity index (χ1v) is 8.09. The van der Waals surface area contributed by atoms with E-state index in [9.17, 15) is 4.79 Å². The Morgan fingerprint density at radius 2 is 2.05 bits per heavy atom. The average molecular weight is 306 g/mol. The van der Waals surface area contributed by atoms with Gasteiger partial charge in [0.15, 0.2) is 0 Å². The predicted octanol–water partition coefficient (Wildman–Crippen LogP) is 2.52. The maximum absolute atomic E-state index is 11.9. The van der Waals surface area contributed by atoms with E-state index in [1.807, 2.05) is 43.0 Å². The lowest BCUT2D eigenvalue weighted by atomic mass is 10.2. The van der Waals surface area contributed by atoms with Crippen LogP contribution in [0.2, 0.25) is 0 Å². The lowest BCUT2D eigenvalue weighted by molar-refractivity contribution is -0.128. The zero-order valence-corrected chi connectivity index (χ0v) is 13.5. The van der Waals surface area contributed by atoms with Crippen LogP contribution in [0.3, 0.4) is 0 Å². The summed E-state index contributed by atoms with van der Waals surface area (Å²) in [6.07, 6.45) is 2.43. The van der Waals surface area contributed by atoms with E-state index in [1.54, 1.807) is 0 Å². The van der Waals surface area contributed by atoms with Gasteiger partial charge in [-0.2, -0.15) is 0 Å². The van der Waals surface area contributed by atoms with Crippen molar-refractivity contribution in [3.63, 3.8) is 0 Å². The van der Waals surface area contributed by atoms with E-state index in [0.29, 0.717) is 13.2 Å². The number of anilines is 1. The normalized spacial score (nSPS) is 17.3. The van der Waals surface area contributed by atoms with Gasteiger partial charge in [-0.05, 0) is 51.0 Å². The van der Waals surface area contributed by atoms with E-state index in [2.05, 4.69) is 5.32 Å². The lowest BCUT2D eigenvalue weighted by Crippen LogP contribution is -2.35. The van der Waals surface area contributed by atoms with E-state index in [1.165, 1.54) is 0 Å². The molecule has 0 spiro atoms. The Balaban J connectivity index is 1.75. The second kappa shape index (κ2) is 8.63. The van der Waals surface area contributed by atoms with Crippen LogP contribution in [0.5, 0.6) is 5.75 Å². The standard InChI is InChI=1S/C17H26N2O3/c1-3-19(4-2)17(20)12-18-14-7-9-15(10-8-14)22-13-16-6-5-11-21-16/h7-10,16,18H,3-6,11-13H2,1-2H3. The van der Waals surface area contributed by atoms with Crippen LogP contribution in [0, 0.1) is 0 Å². The van der Waals surface area contributed by atoms with Gasteiger partial charge in [0.1, 0.15) is 12.4 Å². The molecule has 0 radical (unpaired) electrons.